The second-order valence-electron chi connectivity index (χ2n) is 8.96. The SMILES string of the molecule is C[C@@H](Oc1ccc2[nH]nc(-c3ccc(C4CCN(S(C)(=O)=O)CC4)nc3)c2c1)c1c(Cl)cncc1Cl. The van der Waals surface area contributed by atoms with Gasteiger partial charge in [-0.05, 0) is 50.1 Å². The lowest BCUT2D eigenvalue weighted by atomic mass is 9.93. The summed E-state index contributed by atoms with van der Waals surface area (Å²) >= 11 is 12.6. The Morgan fingerprint density at radius 1 is 1.08 bits per heavy atom. The number of hydrogen-bond donors (Lipinski definition) is 1. The van der Waals surface area contributed by atoms with E-state index < -0.39 is 10.0 Å². The fraction of sp³-hybridized carbons (Fsp3) is 0.320. The number of nitrogens with zero attached hydrogens (tertiary/aromatic N) is 4. The van der Waals surface area contributed by atoms with E-state index in [0.29, 0.717) is 34.4 Å². The third kappa shape index (κ3) is 5.06. The van der Waals surface area contributed by atoms with Crippen LogP contribution in [0.25, 0.3) is 22.2 Å². The zero-order valence-electron chi connectivity index (χ0n) is 19.8. The smallest absolute Gasteiger partial charge is 0.211 e. The number of sulfonamides is 1. The molecule has 0 radical (unpaired) electrons. The molecule has 36 heavy (non-hydrogen) atoms. The molecule has 0 amide bonds. The molecule has 0 spiro atoms. The van der Waals surface area contributed by atoms with Crippen LogP contribution in [-0.4, -0.2) is 52.2 Å². The molecule has 3 aromatic heterocycles. The summed E-state index contributed by atoms with van der Waals surface area (Å²) in [6, 6.07) is 9.73. The van der Waals surface area contributed by atoms with Gasteiger partial charge in [-0.2, -0.15) is 5.10 Å². The van der Waals surface area contributed by atoms with Crippen molar-refractivity contribution in [1.29, 1.82) is 0 Å². The van der Waals surface area contributed by atoms with E-state index >= 15 is 0 Å². The molecule has 1 aliphatic rings. The summed E-state index contributed by atoms with van der Waals surface area (Å²) in [7, 11) is -3.15. The minimum atomic E-state index is -3.15. The van der Waals surface area contributed by atoms with Gasteiger partial charge in [-0.1, -0.05) is 23.2 Å². The van der Waals surface area contributed by atoms with Crippen molar-refractivity contribution in [3.63, 3.8) is 0 Å². The van der Waals surface area contributed by atoms with Gasteiger partial charge >= 0.3 is 0 Å². The van der Waals surface area contributed by atoms with E-state index in [1.54, 1.807) is 12.4 Å². The number of aromatic amines is 1. The topological polar surface area (TPSA) is 101 Å². The van der Waals surface area contributed by atoms with E-state index in [2.05, 4.69) is 15.2 Å². The van der Waals surface area contributed by atoms with Crippen molar-refractivity contribution in [3.8, 4) is 17.0 Å². The first kappa shape index (κ1) is 25.0. The average Bonchev–Trinajstić information content (AvgIpc) is 3.27. The Kier molecular flexibility index (Phi) is 6.91. The third-order valence-corrected chi connectivity index (χ3v) is 8.45. The maximum Gasteiger partial charge on any atom is 0.211 e. The molecule has 0 aliphatic carbocycles. The summed E-state index contributed by atoms with van der Waals surface area (Å²) in [6.45, 7) is 2.93. The number of rotatable bonds is 6. The van der Waals surface area contributed by atoms with Gasteiger partial charge < -0.3 is 4.74 Å². The summed E-state index contributed by atoms with van der Waals surface area (Å²) in [5.74, 6) is 0.894. The molecule has 0 saturated carbocycles. The Morgan fingerprint density at radius 3 is 2.44 bits per heavy atom. The maximum absolute atomic E-state index is 11.8. The highest BCUT2D eigenvalue weighted by Crippen LogP contribution is 2.35. The van der Waals surface area contributed by atoms with E-state index in [-0.39, 0.29) is 12.0 Å². The van der Waals surface area contributed by atoms with Crippen molar-refractivity contribution in [2.75, 3.05) is 19.3 Å². The number of hydrogen-bond acceptors (Lipinski definition) is 6. The monoisotopic (exact) mass is 545 g/mol. The van der Waals surface area contributed by atoms with Crippen LogP contribution in [0.1, 0.15) is 43.0 Å². The lowest BCUT2D eigenvalue weighted by Crippen LogP contribution is -2.37. The zero-order valence-corrected chi connectivity index (χ0v) is 22.1. The summed E-state index contributed by atoms with van der Waals surface area (Å²) in [4.78, 5) is 8.69. The number of pyridine rings is 2. The lowest BCUT2D eigenvalue weighted by Gasteiger charge is -2.29. The van der Waals surface area contributed by atoms with Crippen LogP contribution in [-0.2, 0) is 10.0 Å². The fourth-order valence-electron chi connectivity index (χ4n) is 4.63. The predicted octanol–water partition coefficient (Wildman–Crippen LogP) is 5.61. The van der Waals surface area contributed by atoms with Gasteiger partial charge in [0.2, 0.25) is 10.0 Å². The molecular weight excluding hydrogens is 521 g/mol. The van der Waals surface area contributed by atoms with E-state index in [0.717, 1.165) is 40.7 Å². The van der Waals surface area contributed by atoms with Gasteiger partial charge in [0.25, 0.3) is 0 Å². The Balaban J connectivity index is 1.35. The summed E-state index contributed by atoms with van der Waals surface area (Å²) in [5.41, 5.74) is 4.18. The highest BCUT2D eigenvalue weighted by molar-refractivity contribution is 7.88. The Hall–Kier alpha value is -2.72. The number of nitrogens with one attached hydrogen (secondary N) is 1. The number of benzene rings is 1. The minimum Gasteiger partial charge on any atom is -0.486 e. The molecule has 0 bridgehead atoms. The van der Waals surface area contributed by atoms with Crippen molar-refractivity contribution in [1.82, 2.24) is 24.5 Å². The van der Waals surface area contributed by atoms with E-state index in [4.69, 9.17) is 32.9 Å². The van der Waals surface area contributed by atoms with Gasteiger partial charge in [0, 0.05) is 59.8 Å². The molecule has 1 atom stereocenters. The van der Waals surface area contributed by atoms with E-state index in [1.165, 1.54) is 10.6 Å². The number of ether oxygens (including phenoxy) is 1. The number of H-pyrrole nitrogens is 1. The van der Waals surface area contributed by atoms with Crippen molar-refractivity contribution in [2.45, 2.75) is 31.8 Å². The van der Waals surface area contributed by atoms with Crippen LogP contribution in [0.2, 0.25) is 10.0 Å². The van der Waals surface area contributed by atoms with Gasteiger partial charge in [-0.25, -0.2) is 12.7 Å². The van der Waals surface area contributed by atoms with Crippen molar-refractivity contribution >= 4 is 44.1 Å². The molecule has 1 fully saturated rings. The van der Waals surface area contributed by atoms with Gasteiger partial charge in [-0.3, -0.25) is 15.1 Å². The second kappa shape index (κ2) is 9.97. The molecule has 11 heteroatoms. The number of aromatic nitrogens is 4. The van der Waals surface area contributed by atoms with Crippen LogP contribution in [0.4, 0.5) is 0 Å². The normalized spacial score (nSPS) is 16.3. The minimum absolute atomic E-state index is 0.237. The molecule has 1 aliphatic heterocycles. The molecule has 4 aromatic rings. The van der Waals surface area contributed by atoms with Crippen LogP contribution in [0.3, 0.4) is 0 Å². The molecule has 8 nitrogen and oxygen atoms in total. The Labute approximate surface area is 219 Å². The molecule has 4 heterocycles. The number of fused-ring (bicyclic) bond motifs is 1. The predicted molar refractivity (Wildman–Crippen MR) is 141 cm³/mol. The van der Waals surface area contributed by atoms with Crippen molar-refractivity contribution in [3.05, 3.63) is 70.2 Å². The second-order valence-corrected chi connectivity index (χ2v) is 11.8. The van der Waals surface area contributed by atoms with E-state index in [1.807, 2.05) is 43.5 Å². The van der Waals surface area contributed by atoms with Gasteiger partial charge in [0.15, 0.2) is 0 Å². The molecule has 1 aromatic carbocycles. The molecule has 1 saturated heterocycles. The van der Waals surface area contributed by atoms with Crippen LogP contribution in [0.15, 0.2) is 48.9 Å². The van der Waals surface area contributed by atoms with Crippen LogP contribution in [0.5, 0.6) is 5.75 Å². The standard InChI is InChI=1S/C25H25Cl2N5O3S/c1-15(24-20(26)13-28-14-21(24)27)35-18-4-6-23-19(11-18)25(31-30-23)17-3-5-22(29-12-17)16-7-9-32(10-8-16)36(2,33)34/h3-6,11-16H,7-10H2,1-2H3,(H,30,31)/t15-/m1/s1. The summed E-state index contributed by atoms with van der Waals surface area (Å²) < 4.78 is 31.2. The molecule has 5 rings (SSSR count). The molecule has 1 N–H and O–H groups in total. The summed E-state index contributed by atoms with van der Waals surface area (Å²) in [5, 5.41) is 9.38. The molecular formula is C25H25Cl2N5O3S. The van der Waals surface area contributed by atoms with Gasteiger partial charge in [-0.15, -0.1) is 0 Å². The summed E-state index contributed by atoms with van der Waals surface area (Å²) in [6.07, 6.45) is 7.31. The van der Waals surface area contributed by atoms with Crippen LogP contribution < -0.4 is 4.74 Å². The van der Waals surface area contributed by atoms with Crippen molar-refractivity contribution < 1.29 is 13.2 Å². The Bertz CT molecular complexity index is 1480. The highest BCUT2D eigenvalue weighted by atomic mass is 35.5. The maximum atomic E-state index is 11.8. The first-order valence-corrected chi connectivity index (χ1v) is 14.2. The molecule has 188 valence electrons. The van der Waals surface area contributed by atoms with Crippen LogP contribution in [0, 0.1) is 0 Å². The zero-order chi connectivity index (χ0) is 25.4. The average molecular weight is 546 g/mol. The van der Waals surface area contributed by atoms with Crippen LogP contribution >= 0.6 is 23.2 Å². The quantitative estimate of drug-likeness (QED) is 0.338. The fourth-order valence-corrected chi connectivity index (χ4v) is 6.18. The molecule has 0 unspecified atom stereocenters. The van der Waals surface area contributed by atoms with Gasteiger partial charge in [0.05, 0.1) is 21.8 Å². The largest absolute Gasteiger partial charge is 0.486 e. The van der Waals surface area contributed by atoms with Crippen molar-refractivity contribution in [2.24, 2.45) is 0 Å². The van der Waals surface area contributed by atoms with E-state index in [9.17, 15) is 8.42 Å². The third-order valence-electron chi connectivity index (χ3n) is 6.55. The van der Waals surface area contributed by atoms with Gasteiger partial charge in [0.1, 0.15) is 17.5 Å². The Morgan fingerprint density at radius 2 is 1.81 bits per heavy atom. The first-order chi connectivity index (χ1) is 17.2. The number of piperidine rings is 1. The number of halogens is 2. The first-order valence-electron chi connectivity index (χ1n) is 11.6. The lowest BCUT2D eigenvalue weighted by molar-refractivity contribution is 0.227. The highest BCUT2D eigenvalue weighted by Gasteiger charge is 2.26.